The van der Waals surface area contributed by atoms with Gasteiger partial charge in [-0.1, -0.05) is 0 Å². The van der Waals surface area contributed by atoms with Gasteiger partial charge in [-0.3, -0.25) is 10.1 Å². The molecule has 3 aromatic rings. The largest absolute Gasteiger partial charge is 0.419 e. The van der Waals surface area contributed by atoms with E-state index in [4.69, 9.17) is 0 Å². The van der Waals surface area contributed by atoms with E-state index in [1.807, 2.05) is 0 Å². The number of aryl methyl sites for hydroxylation is 2. The van der Waals surface area contributed by atoms with Gasteiger partial charge < -0.3 is 14.8 Å². The zero-order valence-electron chi connectivity index (χ0n) is 17.1. The molecule has 1 fully saturated rings. The first kappa shape index (κ1) is 21.7. The quantitative estimate of drug-likeness (QED) is 0.366. The Morgan fingerprint density at radius 3 is 2.53 bits per heavy atom. The first-order valence-corrected chi connectivity index (χ1v) is 9.69. The van der Waals surface area contributed by atoms with Crippen molar-refractivity contribution < 1.29 is 22.5 Å². The van der Waals surface area contributed by atoms with Gasteiger partial charge in [0.1, 0.15) is 6.17 Å². The number of hydrogen-bond acceptors (Lipinski definition) is 7. The van der Waals surface area contributed by atoms with Gasteiger partial charge >= 0.3 is 6.18 Å². The summed E-state index contributed by atoms with van der Waals surface area (Å²) in [5.41, 5.74) is 0.540. The van der Waals surface area contributed by atoms with Crippen LogP contribution in [0.4, 0.5) is 35.1 Å². The summed E-state index contributed by atoms with van der Waals surface area (Å²) in [6.45, 7) is 1.99. The Morgan fingerprint density at radius 2 is 1.91 bits per heavy atom. The predicted octanol–water partition coefficient (Wildman–Crippen LogP) is 3.63. The molecule has 1 aliphatic rings. The number of halogens is 4. The molecule has 9 nitrogen and oxygen atoms in total. The smallest absolute Gasteiger partial charge is 0.350 e. The number of piperidine rings is 1. The highest BCUT2D eigenvalue weighted by Crippen LogP contribution is 2.31. The molecule has 1 N–H and O–H groups in total. The number of aromatic nitrogens is 4. The molecule has 0 aliphatic carbocycles. The van der Waals surface area contributed by atoms with Crippen LogP contribution in [-0.2, 0) is 13.2 Å². The summed E-state index contributed by atoms with van der Waals surface area (Å²) < 4.78 is 54.3. The van der Waals surface area contributed by atoms with Gasteiger partial charge in [0, 0.05) is 50.1 Å². The summed E-state index contributed by atoms with van der Waals surface area (Å²) in [7, 11) is 1.74. The average Bonchev–Trinajstić information content (AvgIpc) is 3.02. The minimum Gasteiger partial charge on any atom is -0.350 e. The number of nitro benzene ring substituents is 1. The maximum atomic E-state index is 14.5. The van der Waals surface area contributed by atoms with Crippen LogP contribution in [0.25, 0.3) is 11.0 Å². The van der Waals surface area contributed by atoms with Crippen LogP contribution < -0.4 is 10.2 Å². The van der Waals surface area contributed by atoms with Gasteiger partial charge in [-0.2, -0.15) is 13.2 Å². The summed E-state index contributed by atoms with van der Waals surface area (Å²) in [5, 5.41) is 14.1. The van der Waals surface area contributed by atoms with Crippen molar-refractivity contribution in [2.24, 2.45) is 7.05 Å². The van der Waals surface area contributed by atoms with Crippen LogP contribution >= 0.6 is 0 Å². The Morgan fingerprint density at radius 1 is 1.22 bits per heavy atom. The van der Waals surface area contributed by atoms with E-state index in [0.717, 1.165) is 0 Å². The van der Waals surface area contributed by atoms with Crippen molar-refractivity contribution >= 4 is 28.6 Å². The van der Waals surface area contributed by atoms with Crippen molar-refractivity contribution in [2.45, 2.75) is 31.7 Å². The van der Waals surface area contributed by atoms with Crippen LogP contribution in [0.5, 0.6) is 0 Å². The molecule has 1 aliphatic heterocycles. The van der Waals surface area contributed by atoms with Crippen molar-refractivity contribution in [2.75, 3.05) is 23.3 Å². The van der Waals surface area contributed by atoms with Crippen molar-refractivity contribution in [3.05, 3.63) is 45.8 Å². The summed E-state index contributed by atoms with van der Waals surface area (Å²) in [6, 6.07) is 2.56. The second-order valence-electron chi connectivity index (χ2n) is 7.73. The second kappa shape index (κ2) is 7.88. The number of nitrogens with zero attached hydrogens (tertiary/aromatic N) is 6. The highest BCUT2D eigenvalue weighted by Gasteiger charge is 2.33. The van der Waals surface area contributed by atoms with Crippen molar-refractivity contribution in [3.63, 3.8) is 0 Å². The lowest BCUT2D eigenvalue weighted by atomic mass is 10.0. The molecule has 4 rings (SSSR count). The fourth-order valence-corrected chi connectivity index (χ4v) is 3.84. The average molecular weight is 453 g/mol. The van der Waals surface area contributed by atoms with E-state index >= 15 is 0 Å². The number of nitro groups is 1. The molecule has 170 valence electrons. The van der Waals surface area contributed by atoms with Crippen molar-refractivity contribution in [3.8, 4) is 0 Å². The topological polar surface area (TPSA) is 102 Å². The molecule has 0 saturated carbocycles. The SMILES string of the molecule is Cc1cc2c(cc1[N+](=O)[O-])nc(N1CC(F)C[C@@H](Nc3ncc(C(F)(F)F)cn3)C1)n2C. The monoisotopic (exact) mass is 453 g/mol. The van der Waals surface area contributed by atoms with E-state index in [0.29, 0.717) is 41.5 Å². The van der Waals surface area contributed by atoms with Crippen LogP contribution in [0.15, 0.2) is 24.5 Å². The van der Waals surface area contributed by atoms with Gasteiger partial charge in [-0.05, 0) is 13.0 Å². The Balaban J connectivity index is 1.57. The summed E-state index contributed by atoms with van der Waals surface area (Å²) >= 11 is 0. The Kier molecular flexibility index (Phi) is 5.34. The van der Waals surface area contributed by atoms with Crippen LogP contribution in [-0.4, -0.2) is 49.7 Å². The van der Waals surface area contributed by atoms with Gasteiger partial charge in [0.15, 0.2) is 0 Å². The fraction of sp³-hybridized carbons (Fsp3) is 0.421. The maximum absolute atomic E-state index is 14.5. The number of nitrogens with one attached hydrogen (secondary N) is 1. The van der Waals surface area contributed by atoms with E-state index in [9.17, 15) is 27.7 Å². The predicted molar refractivity (Wildman–Crippen MR) is 108 cm³/mol. The van der Waals surface area contributed by atoms with Gasteiger partial charge in [0.05, 0.1) is 28.1 Å². The number of hydrogen-bond donors (Lipinski definition) is 1. The van der Waals surface area contributed by atoms with E-state index in [-0.39, 0.29) is 24.6 Å². The molecule has 1 unspecified atom stereocenters. The van der Waals surface area contributed by atoms with Crippen molar-refractivity contribution in [1.29, 1.82) is 0 Å². The van der Waals surface area contributed by atoms with E-state index in [2.05, 4.69) is 20.3 Å². The Labute approximate surface area is 179 Å². The lowest BCUT2D eigenvalue weighted by Crippen LogP contribution is -2.48. The van der Waals surface area contributed by atoms with Crippen LogP contribution in [0.2, 0.25) is 0 Å². The molecule has 0 bridgehead atoms. The highest BCUT2D eigenvalue weighted by atomic mass is 19.4. The number of imidazole rings is 1. The molecule has 1 aromatic carbocycles. The Bertz CT molecular complexity index is 1160. The van der Waals surface area contributed by atoms with Gasteiger partial charge in [0.2, 0.25) is 11.9 Å². The lowest BCUT2D eigenvalue weighted by molar-refractivity contribution is -0.385. The highest BCUT2D eigenvalue weighted by molar-refractivity contribution is 5.82. The number of anilines is 2. The molecular formula is C19H19F4N7O2. The first-order chi connectivity index (χ1) is 15.0. The molecule has 1 saturated heterocycles. The Hall–Kier alpha value is -3.51. The van der Waals surface area contributed by atoms with Crippen molar-refractivity contribution in [1.82, 2.24) is 19.5 Å². The first-order valence-electron chi connectivity index (χ1n) is 9.69. The molecule has 32 heavy (non-hydrogen) atoms. The second-order valence-corrected chi connectivity index (χ2v) is 7.73. The molecule has 2 atom stereocenters. The number of rotatable bonds is 4. The standard InChI is InChI=1S/C19H19F4N7O2/c1-10-3-16-14(5-15(10)30(31)32)27-18(28(16)2)29-8-12(20)4-13(9-29)26-17-24-6-11(7-25-17)19(21,22)23/h3,5-7,12-13H,4,8-9H2,1-2H3,(H,24,25,26)/t12?,13-/m1/s1. The summed E-state index contributed by atoms with van der Waals surface area (Å²) in [5.74, 6) is 0.399. The molecule has 0 amide bonds. The van der Waals surface area contributed by atoms with Gasteiger partial charge in [-0.25, -0.2) is 19.3 Å². The number of fused-ring (bicyclic) bond motifs is 1. The molecule has 13 heteroatoms. The van der Waals surface area contributed by atoms with Crippen LogP contribution in [0, 0.1) is 17.0 Å². The van der Waals surface area contributed by atoms with Crippen LogP contribution in [0.1, 0.15) is 17.5 Å². The summed E-state index contributed by atoms with van der Waals surface area (Å²) in [6.07, 6.45) is -4.31. The van der Waals surface area contributed by atoms with Crippen LogP contribution in [0.3, 0.4) is 0 Å². The third-order valence-corrected chi connectivity index (χ3v) is 5.37. The van der Waals surface area contributed by atoms with E-state index in [1.54, 1.807) is 29.5 Å². The number of alkyl halides is 4. The maximum Gasteiger partial charge on any atom is 0.419 e. The lowest BCUT2D eigenvalue weighted by Gasteiger charge is -2.35. The van der Waals surface area contributed by atoms with Gasteiger partial charge in [-0.15, -0.1) is 0 Å². The van der Waals surface area contributed by atoms with E-state index in [1.165, 1.54) is 6.07 Å². The molecule has 0 spiro atoms. The summed E-state index contributed by atoms with van der Waals surface area (Å²) in [4.78, 5) is 24.3. The zero-order chi connectivity index (χ0) is 23.2. The minimum atomic E-state index is -4.54. The molecule has 0 radical (unpaired) electrons. The fourth-order valence-electron chi connectivity index (χ4n) is 3.84. The van der Waals surface area contributed by atoms with Gasteiger partial charge in [0.25, 0.3) is 5.69 Å². The molecular weight excluding hydrogens is 434 g/mol. The third kappa shape index (κ3) is 4.14. The number of benzene rings is 1. The molecule has 2 aromatic heterocycles. The zero-order valence-corrected chi connectivity index (χ0v) is 17.1. The third-order valence-electron chi connectivity index (χ3n) is 5.37. The van der Waals surface area contributed by atoms with E-state index < -0.39 is 28.9 Å². The minimum absolute atomic E-state index is 0.0340. The molecule has 3 heterocycles. The normalized spacial score (nSPS) is 19.4.